The van der Waals surface area contributed by atoms with Gasteiger partial charge in [0.2, 0.25) is 11.8 Å². The lowest BCUT2D eigenvalue weighted by Gasteiger charge is -2.18. The fourth-order valence-electron chi connectivity index (χ4n) is 1.52. The molecule has 0 aromatic rings. The molecular weight excluding hydrogens is 364 g/mol. The van der Waals surface area contributed by atoms with Crippen molar-refractivity contribution in [3.63, 3.8) is 0 Å². The summed E-state index contributed by atoms with van der Waals surface area (Å²) in [5.74, 6) is 0.125. The number of hydrogen-bond acceptors (Lipinski definition) is 6. The number of nitrogens with one attached hydrogen (secondary N) is 4. The van der Waals surface area contributed by atoms with Gasteiger partial charge in [-0.25, -0.2) is 9.59 Å². The quantitative estimate of drug-likeness (QED) is 0.368. The smallest absolute Gasteiger partial charge is 0.321 e. The number of carbonyl (C=O) groups is 4. The van der Waals surface area contributed by atoms with Crippen molar-refractivity contribution in [2.24, 2.45) is 11.3 Å². The Morgan fingerprint density at radius 3 is 2.20 bits per heavy atom. The first-order valence-corrected chi connectivity index (χ1v) is 10.6. The third-order valence-electron chi connectivity index (χ3n) is 2.96. The maximum absolute atomic E-state index is 11.6. The van der Waals surface area contributed by atoms with E-state index in [9.17, 15) is 19.2 Å². The molecule has 0 spiro atoms. The summed E-state index contributed by atoms with van der Waals surface area (Å²) in [6.45, 7) is 6.81. The molecule has 0 unspecified atom stereocenters. The molecule has 25 heavy (non-hydrogen) atoms. The summed E-state index contributed by atoms with van der Waals surface area (Å²) < 4.78 is 0. The van der Waals surface area contributed by atoms with Crippen molar-refractivity contribution in [1.29, 1.82) is 0 Å². The van der Waals surface area contributed by atoms with Crippen LogP contribution in [0, 0.1) is 11.3 Å². The van der Waals surface area contributed by atoms with E-state index in [1.165, 1.54) is 21.6 Å². The minimum absolute atomic E-state index is 0.00482. The summed E-state index contributed by atoms with van der Waals surface area (Å²) in [5.41, 5.74) is -0.0481. The fraction of sp³-hybridized carbons (Fsp3) is 0.733. The average molecular weight is 391 g/mol. The molecule has 0 saturated heterocycles. The van der Waals surface area contributed by atoms with E-state index in [-0.39, 0.29) is 28.9 Å². The Morgan fingerprint density at radius 1 is 0.960 bits per heavy atom. The van der Waals surface area contributed by atoms with Crippen LogP contribution in [0.5, 0.6) is 0 Å². The van der Waals surface area contributed by atoms with Crippen molar-refractivity contribution in [2.75, 3.05) is 24.6 Å². The highest BCUT2D eigenvalue weighted by molar-refractivity contribution is 8.76. The van der Waals surface area contributed by atoms with Crippen LogP contribution in [-0.2, 0) is 9.59 Å². The van der Waals surface area contributed by atoms with Crippen LogP contribution in [0.2, 0.25) is 0 Å². The minimum Gasteiger partial charge on any atom is -0.337 e. The first kappa shape index (κ1) is 21.6. The summed E-state index contributed by atoms with van der Waals surface area (Å²) in [7, 11) is 2.70. The molecule has 1 saturated carbocycles. The lowest BCUT2D eigenvalue weighted by molar-refractivity contribution is -0.121. The average Bonchev–Trinajstić information content (AvgIpc) is 3.32. The zero-order valence-corrected chi connectivity index (χ0v) is 16.4. The van der Waals surface area contributed by atoms with Crippen molar-refractivity contribution in [1.82, 2.24) is 21.3 Å². The molecule has 1 aliphatic carbocycles. The highest BCUT2D eigenvalue weighted by Crippen LogP contribution is 2.28. The van der Waals surface area contributed by atoms with Gasteiger partial charge in [-0.15, -0.1) is 0 Å². The Labute approximate surface area is 155 Å². The molecule has 4 N–H and O–H groups in total. The molecular formula is C15H26N4O4S2. The Balaban J connectivity index is 1.97. The van der Waals surface area contributed by atoms with Gasteiger partial charge in [0.25, 0.3) is 0 Å². The zero-order chi connectivity index (χ0) is 18.9. The standard InChI is InChI=1S/C15H26N4O4S2/c1-15(2,3)9-17-14(23)18-11(20)8-25-24-7-6-16-13(22)19-12(21)10-4-5-10/h10H,4-9H2,1-3H3,(H2,16,19,21,22)(H2,17,18,20,23). The van der Waals surface area contributed by atoms with Crippen LogP contribution < -0.4 is 21.3 Å². The number of amides is 6. The van der Waals surface area contributed by atoms with E-state index in [0.717, 1.165) is 12.8 Å². The lowest BCUT2D eigenvalue weighted by Crippen LogP contribution is -2.43. The van der Waals surface area contributed by atoms with E-state index in [1.807, 2.05) is 20.8 Å². The predicted octanol–water partition coefficient (Wildman–Crippen LogP) is 1.48. The van der Waals surface area contributed by atoms with E-state index in [0.29, 0.717) is 18.8 Å². The number of hydrogen-bond donors (Lipinski definition) is 4. The highest BCUT2D eigenvalue weighted by Gasteiger charge is 2.30. The summed E-state index contributed by atoms with van der Waals surface area (Å²) in [4.78, 5) is 45.9. The van der Waals surface area contributed by atoms with Gasteiger partial charge >= 0.3 is 12.1 Å². The molecule has 0 radical (unpaired) electrons. The normalized spacial score (nSPS) is 13.7. The second kappa shape index (κ2) is 10.5. The molecule has 10 heteroatoms. The van der Waals surface area contributed by atoms with Gasteiger partial charge in [0, 0.05) is 24.8 Å². The second-order valence-electron chi connectivity index (χ2n) is 6.90. The number of carbonyl (C=O) groups excluding carboxylic acids is 4. The Bertz CT molecular complexity index is 504. The monoisotopic (exact) mass is 390 g/mol. The Kier molecular flexibility index (Phi) is 9.12. The van der Waals surface area contributed by atoms with Gasteiger partial charge in [-0.2, -0.15) is 0 Å². The molecule has 8 nitrogen and oxygen atoms in total. The van der Waals surface area contributed by atoms with Crippen LogP contribution in [0.25, 0.3) is 0 Å². The van der Waals surface area contributed by atoms with Crippen LogP contribution >= 0.6 is 21.6 Å². The molecule has 0 heterocycles. The van der Waals surface area contributed by atoms with Gasteiger partial charge in [-0.05, 0) is 18.3 Å². The van der Waals surface area contributed by atoms with Crippen molar-refractivity contribution in [3.8, 4) is 0 Å². The number of imide groups is 2. The molecule has 0 atom stereocenters. The van der Waals surface area contributed by atoms with Crippen LogP contribution in [-0.4, -0.2) is 48.5 Å². The maximum Gasteiger partial charge on any atom is 0.321 e. The SMILES string of the molecule is CC(C)(C)CNC(=O)NC(=O)CSSCCNC(=O)NC(=O)C1CC1. The molecule has 1 fully saturated rings. The van der Waals surface area contributed by atoms with E-state index in [2.05, 4.69) is 21.3 Å². The van der Waals surface area contributed by atoms with Gasteiger partial charge in [0.05, 0.1) is 5.75 Å². The first-order valence-electron chi connectivity index (χ1n) is 8.08. The topological polar surface area (TPSA) is 116 Å². The summed E-state index contributed by atoms with van der Waals surface area (Å²) in [6, 6.07) is -0.986. The third kappa shape index (κ3) is 11.7. The van der Waals surface area contributed by atoms with E-state index in [1.54, 1.807) is 0 Å². The van der Waals surface area contributed by atoms with Crippen LogP contribution in [0.15, 0.2) is 0 Å². The second-order valence-corrected chi connectivity index (χ2v) is 9.48. The fourth-order valence-corrected chi connectivity index (χ4v) is 3.26. The molecule has 6 amide bonds. The third-order valence-corrected chi connectivity index (χ3v) is 5.23. The van der Waals surface area contributed by atoms with Gasteiger partial charge in [0.1, 0.15) is 0 Å². The van der Waals surface area contributed by atoms with Crippen LogP contribution in [0.3, 0.4) is 0 Å². The summed E-state index contributed by atoms with van der Waals surface area (Å²) >= 11 is 0. The summed E-state index contributed by atoms with van der Waals surface area (Å²) in [5, 5.41) is 9.75. The van der Waals surface area contributed by atoms with Gasteiger partial charge in [-0.3, -0.25) is 20.2 Å². The molecule has 1 rings (SSSR count). The van der Waals surface area contributed by atoms with Crippen molar-refractivity contribution >= 4 is 45.5 Å². The van der Waals surface area contributed by atoms with E-state index in [4.69, 9.17) is 0 Å². The molecule has 0 aromatic carbocycles. The number of urea groups is 2. The molecule has 0 aliphatic heterocycles. The maximum atomic E-state index is 11.6. The van der Waals surface area contributed by atoms with E-state index >= 15 is 0 Å². The summed E-state index contributed by atoms with van der Waals surface area (Å²) in [6.07, 6.45) is 1.70. The Morgan fingerprint density at radius 2 is 1.60 bits per heavy atom. The van der Waals surface area contributed by atoms with Gasteiger partial charge in [-0.1, -0.05) is 42.4 Å². The molecule has 1 aliphatic rings. The van der Waals surface area contributed by atoms with Crippen molar-refractivity contribution < 1.29 is 19.2 Å². The van der Waals surface area contributed by atoms with E-state index < -0.39 is 12.1 Å². The van der Waals surface area contributed by atoms with Gasteiger partial charge in [0.15, 0.2) is 0 Å². The lowest BCUT2D eigenvalue weighted by atomic mass is 9.97. The largest absolute Gasteiger partial charge is 0.337 e. The highest BCUT2D eigenvalue weighted by atomic mass is 33.1. The van der Waals surface area contributed by atoms with Crippen molar-refractivity contribution in [3.05, 3.63) is 0 Å². The molecule has 0 aromatic heterocycles. The molecule has 142 valence electrons. The zero-order valence-electron chi connectivity index (χ0n) is 14.8. The van der Waals surface area contributed by atoms with Crippen LogP contribution in [0.1, 0.15) is 33.6 Å². The van der Waals surface area contributed by atoms with Gasteiger partial charge < -0.3 is 10.6 Å². The minimum atomic E-state index is -0.496. The first-order chi connectivity index (χ1) is 11.7. The predicted molar refractivity (Wildman–Crippen MR) is 100 cm³/mol. The number of rotatable bonds is 8. The van der Waals surface area contributed by atoms with Crippen molar-refractivity contribution in [2.45, 2.75) is 33.6 Å². The van der Waals surface area contributed by atoms with Crippen LogP contribution in [0.4, 0.5) is 9.59 Å². The Hall–Kier alpha value is -1.42. The molecule has 0 bridgehead atoms.